The third-order valence-corrected chi connectivity index (χ3v) is 2.05. The van der Waals surface area contributed by atoms with Gasteiger partial charge in [-0.05, 0) is 23.8 Å². The molecule has 2 aromatic rings. The van der Waals surface area contributed by atoms with Crippen LogP contribution in [0.15, 0.2) is 45.9 Å². The Morgan fingerprint density at radius 1 is 1.33 bits per heavy atom. The van der Waals surface area contributed by atoms with Gasteiger partial charge >= 0.3 is 0 Å². The first-order valence-electron chi connectivity index (χ1n) is 4.75. The van der Waals surface area contributed by atoms with Crippen LogP contribution in [0.3, 0.4) is 0 Å². The Kier molecular flexibility index (Phi) is 2.99. The molecule has 78 valence electrons. The molecule has 2 aromatic heterocycles. The van der Waals surface area contributed by atoms with Crippen LogP contribution in [-0.2, 0) is 13.1 Å². The Balaban J connectivity index is 1.86. The Morgan fingerprint density at radius 2 is 2.27 bits per heavy atom. The van der Waals surface area contributed by atoms with E-state index in [0.29, 0.717) is 13.1 Å². The van der Waals surface area contributed by atoms with Crippen molar-refractivity contribution in [3.63, 3.8) is 0 Å². The smallest absolute Gasteiger partial charge is 0.248 e. The van der Waals surface area contributed by atoms with E-state index in [0.717, 1.165) is 11.3 Å². The fourth-order valence-corrected chi connectivity index (χ4v) is 1.34. The molecular formula is C11H12N2O2. The van der Waals surface area contributed by atoms with E-state index in [9.17, 15) is 4.79 Å². The summed E-state index contributed by atoms with van der Waals surface area (Å²) >= 11 is 0. The summed E-state index contributed by atoms with van der Waals surface area (Å²) in [6.45, 7) is 1.32. The SMILES string of the molecule is O=c1cc(CNCc2ccco2)cc[nH]1. The topological polar surface area (TPSA) is 58.0 Å². The maximum absolute atomic E-state index is 11.0. The van der Waals surface area contributed by atoms with Gasteiger partial charge in [0.15, 0.2) is 0 Å². The summed E-state index contributed by atoms with van der Waals surface area (Å²) in [6, 6.07) is 7.21. The molecule has 4 heteroatoms. The molecule has 0 amide bonds. The molecule has 0 atom stereocenters. The minimum atomic E-state index is -0.0766. The largest absolute Gasteiger partial charge is 0.468 e. The van der Waals surface area contributed by atoms with Crippen LogP contribution in [0.5, 0.6) is 0 Å². The molecule has 0 fully saturated rings. The normalized spacial score (nSPS) is 10.4. The standard InChI is InChI=1S/C11H12N2O2/c14-11-6-9(3-4-13-11)7-12-8-10-2-1-5-15-10/h1-6,12H,7-8H2,(H,13,14). The molecule has 2 rings (SSSR count). The summed E-state index contributed by atoms with van der Waals surface area (Å²) < 4.78 is 5.16. The van der Waals surface area contributed by atoms with Crippen molar-refractivity contribution in [3.8, 4) is 0 Å². The van der Waals surface area contributed by atoms with E-state index in [-0.39, 0.29) is 5.56 Å². The molecule has 0 saturated carbocycles. The maximum Gasteiger partial charge on any atom is 0.248 e. The third kappa shape index (κ3) is 2.82. The predicted molar refractivity (Wildman–Crippen MR) is 56.3 cm³/mol. The fourth-order valence-electron chi connectivity index (χ4n) is 1.34. The number of hydrogen-bond acceptors (Lipinski definition) is 3. The van der Waals surface area contributed by atoms with Crippen LogP contribution in [0.4, 0.5) is 0 Å². The number of rotatable bonds is 4. The van der Waals surface area contributed by atoms with Gasteiger partial charge in [-0.25, -0.2) is 0 Å². The van der Waals surface area contributed by atoms with Gasteiger partial charge in [-0.2, -0.15) is 0 Å². The summed E-state index contributed by atoms with van der Waals surface area (Å²) in [5.41, 5.74) is 0.887. The van der Waals surface area contributed by atoms with Crippen LogP contribution in [0.1, 0.15) is 11.3 Å². The molecule has 0 aliphatic rings. The molecule has 0 saturated heterocycles. The number of hydrogen-bond donors (Lipinski definition) is 2. The van der Waals surface area contributed by atoms with Crippen molar-refractivity contribution in [1.82, 2.24) is 10.3 Å². The zero-order valence-corrected chi connectivity index (χ0v) is 8.19. The molecule has 0 spiro atoms. The van der Waals surface area contributed by atoms with Crippen LogP contribution in [0.25, 0.3) is 0 Å². The van der Waals surface area contributed by atoms with E-state index in [1.54, 1.807) is 18.5 Å². The van der Waals surface area contributed by atoms with Crippen LogP contribution in [0, 0.1) is 0 Å². The molecule has 0 aromatic carbocycles. The van der Waals surface area contributed by atoms with Crippen molar-refractivity contribution in [2.24, 2.45) is 0 Å². The second-order valence-electron chi connectivity index (χ2n) is 3.24. The third-order valence-electron chi connectivity index (χ3n) is 2.05. The average Bonchev–Trinajstić information content (AvgIpc) is 2.71. The van der Waals surface area contributed by atoms with E-state index in [1.165, 1.54) is 0 Å². The number of H-pyrrole nitrogens is 1. The average molecular weight is 204 g/mol. The lowest BCUT2D eigenvalue weighted by molar-refractivity contribution is 0.483. The molecular weight excluding hydrogens is 192 g/mol. The molecule has 0 aliphatic heterocycles. The number of aromatic amines is 1. The first-order valence-corrected chi connectivity index (χ1v) is 4.75. The van der Waals surface area contributed by atoms with E-state index in [2.05, 4.69) is 10.3 Å². The van der Waals surface area contributed by atoms with Gasteiger partial charge in [0.1, 0.15) is 5.76 Å². The second-order valence-corrected chi connectivity index (χ2v) is 3.24. The highest BCUT2D eigenvalue weighted by Crippen LogP contribution is 1.99. The van der Waals surface area contributed by atoms with Gasteiger partial charge in [0.2, 0.25) is 5.56 Å². The van der Waals surface area contributed by atoms with Gasteiger partial charge in [-0.3, -0.25) is 4.79 Å². The molecule has 0 bridgehead atoms. The van der Waals surface area contributed by atoms with E-state index in [4.69, 9.17) is 4.42 Å². The highest BCUT2D eigenvalue weighted by molar-refractivity contribution is 5.09. The number of pyridine rings is 1. The van der Waals surface area contributed by atoms with Gasteiger partial charge in [-0.15, -0.1) is 0 Å². The Hall–Kier alpha value is -1.81. The quantitative estimate of drug-likeness (QED) is 0.788. The van der Waals surface area contributed by atoms with Gasteiger partial charge in [0, 0.05) is 18.8 Å². The second kappa shape index (κ2) is 4.61. The first-order chi connectivity index (χ1) is 7.34. The lowest BCUT2D eigenvalue weighted by atomic mass is 10.2. The molecule has 2 heterocycles. The van der Waals surface area contributed by atoms with Crippen molar-refractivity contribution in [3.05, 3.63) is 58.4 Å². The molecule has 4 nitrogen and oxygen atoms in total. The van der Waals surface area contributed by atoms with Gasteiger partial charge in [0.05, 0.1) is 12.8 Å². The summed E-state index contributed by atoms with van der Waals surface area (Å²) in [5.74, 6) is 0.889. The minimum absolute atomic E-state index is 0.0766. The zero-order valence-electron chi connectivity index (χ0n) is 8.19. The minimum Gasteiger partial charge on any atom is -0.468 e. The van der Waals surface area contributed by atoms with Crippen molar-refractivity contribution >= 4 is 0 Å². The summed E-state index contributed by atoms with van der Waals surface area (Å²) in [7, 11) is 0. The lowest BCUT2D eigenvalue weighted by Gasteiger charge is -2.01. The number of furan rings is 1. The summed E-state index contributed by atoms with van der Waals surface area (Å²) in [4.78, 5) is 13.6. The first kappa shape index (κ1) is 9.73. The predicted octanol–water partition coefficient (Wildman–Crippen LogP) is 1.26. The zero-order chi connectivity index (χ0) is 10.5. The van der Waals surface area contributed by atoms with Crippen LogP contribution < -0.4 is 10.9 Å². The van der Waals surface area contributed by atoms with E-state index >= 15 is 0 Å². The Labute approximate surface area is 86.9 Å². The molecule has 0 radical (unpaired) electrons. The molecule has 15 heavy (non-hydrogen) atoms. The van der Waals surface area contributed by atoms with Crippen LogP contribution in [0.2, 0.25) is 0 Å². The fraction of sp³-hybridized carbons (Fsp3) is 0.182. The van der Waals surface area contributed by atoms with Gasteiger partial charge < -0.3 is 14.7 Å². The van der Waals surface area contributed by atoms with Crippen LogP contribution in [-0.4, -0.2) is 4.98 Å². The summed E-state index contributed by atoms with van der Waals surface area (Å²) in [5, 5.41) is 3.18. The van der Waals surface area contributed by atoms with Gasteiger partial charge in [-0.1, -0.05) is 0 Å². The lowest BCUT2D eigenvalue weighted by Crippen LogP contribution is -2.14. The summed E-state index contributed by atoms with van der Waals surface area (Å²) in [6.07, 6.45) is 3.29. The van der Waals surface area contributed by atoms with E-state index in [1.807, 2.05) is 18.2 Å². The number of nitrogens with one attached hydrogen (secondary N) is 2. The molecule has 2 N–H and O–H groups in total. The van der Waals surface area contributed by atoms with Crippen molar-refractivity contribution < 1.29 is 4.42 Å². The van der Waals surface area contributed by atoms with Crippen molar-refractivity contribution in [2.75, 3.05) is 0 Å². The van der Waals surface area contributed by atoms with Crippen molar-refractivity contribution in [1.29, 1.82) is 0 Å². The Morgan fingerprint density at radius 3 is 3.00 bits per heavy atom. The molecule has 0 aliphatic carbocycles. The number of aromatic nitrogens is 1. The van der Waals surface area contributed by atoms with E-state index < -0.39 is 0 Å². The Bertz CT molecular complexity index is 459. The maximum atomic E-state index is 11.0. The van der Waals surface area contributed by atoms with Crippen molar-refractivity contribution in [2.45, 2.75) is 13.1 Å². The highest BCUT2D eigenvalue weighted by Gasteiger charge is 1.96. The van der Waals surface area contributed by atoms with Gasteiger partial charge in [0.25, 0.3) is 0 Å². The monoisotopic (exact) mass is 204 g/mol. The van der Waals surface area contributed by atoms with Crippen LogP contribution >= 0.6 is 0 Å². The molecule has 0 unspecified atom stereocenters. The highest BCUT2D eigenvalue weighted by atomic mass is 16.3.